The molecule has 2 rings (SSSR count). The second kappa shape index (κ2) is 10.7. The average molecular weight is 437 g/mol. The summed E-state index contributed by atoms with van der Waals surface area (Å²) in [5.74, 6) is 1.18. The fourth-order valence-electron chi connectivity index (χ4n) is 2.79. The lowest BCUT2D eigenvalue weighted by Crippen LogP contribution is -2.30. The SMILES string of the molecule is CCN(CC)S(=O)(=O)c1ccc(OC)c(NC(=O)CSCc2ccc(C)cc2)c1. The average Bonchev–Trinajstić information content (AvgIpc) is 2.70. The molecule has 0 bridgehead atoms. The Bertz CT molecular complexity index is 924. The zero-order valence-corrected chi connectivity index (χ0v) is 18.9. The van der Waals surface area contributed by atoms with Crippen LogP contribution in [0.1, 0.15) is 25.0 Å². The van der Waals surface area contributed by atoms with Gasteiger partial charge in [-0.2, -0.15) is 4.31 Å². The molecule has 0 saturated heterocycles. The molecule has 0 unspecified atom stereocenters. The largest absolute Gasteiger partial charge is 0.495 e. The molecular formula is C21H28N2O4S2. The molecule has 29 heavy (non-hydrogen) atoms. The Kier molecular flexibility index (Phi) is 8.55. The maximum Gasteiger partial charge on any atom is 0.243 e. The summed E-state index contributed by atoms with van der Waals surface area (Å²) in [5, 5.41) is 2.78. The van der Waals surface area contributed by atoms with Gasteiger partial charge in [-0.1, -0.05) is 43.7 Å². The number of amides is 1. The van der Waals surface area contributed by atoms with Crippen molar-refractivity contribution in [3.63, 3.8) is 0 Å². The van der Waals surface area contributed by atoms with Crippen molar-refractivity contribution < 1.29 is 17.9 Å². The van der Waals surface area contributed by atoms with Crippen molar-refractivity contribution in [3.8, 4) is 5.75 Å². The first-order valence-electron chi connectivity index (χ1n) is 9.43. The van der Waals surface area contributed by atoms with Gasteiger partial charge in [0.05, 0.1) is 23.4 Å². The number of hydrogen-bond donors (Lipinski definition) is 1. The lowest BCUT2D eigenvalue weighted by atomic mass is 10.2. The van der Waals surface area contributed by atoms with E-state index in [1.54, 1.807) is 19.9 Å². The first kappa shape index (κ1) is 23.3. The molecule has 0 heterocycles. The molecule has 8 heteroatoms. The summed E-state index contributed by atoms with van der Waals surface area (Å²) >= 11 is 1.50. The van der Waals surface area contributed by atoms with Crippen LogP contribution in [0.3, 0.4) is 0 Å². The minimum atomic E-state index is -3.62. The molecule has 2 aromatic carbocycles. The Morgan fingerprint density at radius 2 is 1.76 bits per heavy atom. The highest BCUT2D eigenvalue weighted by molar-refractivity contribution is 7.99. The number of nitrogens with one attached hydrogen (secondary N) is 1. The van der Waals surface area contributed by atoms with E-state index < -0.39 is 10.0 Å². The van der Waals surface area contributed by atoms with Crippen LogP contribution in [0.4, 0.5) is 5.69 Å². The third kappa shape index (κ3) is 6.22. The molecule has 0 atom stereocenters. The van der Waals surface area contributed by atoms with Crippen LogP contribution in [0.15, 0.2) is 47.4 Å². The number of rotatable bonds is 10. The van der Waals surface area contributed by atoms with Gasteiger partial charge in [0, 0.05) is 18.8 Å². The molecule has 0 aliphatic heterocycles. The summed E-state index contributed by atoms with van der Waals surface area (Å²) in [6.45, 7) is 6.37. The lowest BCUT2D eigenvalue weighted by molar-refractivity contribution is -0.113. The molecule has 1 amide bonds. The molecule has 0 spiro atoms. The number of carbonyl (C=O) groups excluding carboxylic acids is 1. The minimum absolute atomic E-state index is 0.129. The van der Waals surface area contributed by atoms with Crippen LogP contribution in [0.2, 0.25) is 0 Å². The molecule has 0 radical (unpaired) electrons. The number of nitrogens with zero attached hydrogens (tertiary/aromatic N) is 1. The molecule has 0 aliphatic carbocycles. The molecule has 0 aliphatic rings. The van der Waals surface area contributed by atoms with E-state index in [0.717, 1.165) is 11.3 Å². The van der Waals surface area contributed by atoms with Crippen molar-refractivity contribution in [2.75, 3.05) is 31.3 Å². The van der Waals surface area contributed by atoms with E-state index in [1.807, 2.05) is 31.2 Å². The summed E-state index contributed by atoms with van der Waals surface area (Å²) < 4.78 is 32.2. The van der Waals surface area contributed by atoms with Crippen molar-refractivity contribution in [2.45, 2.75) is 31.4 Å². The number of hydrogen-bond acceptors (Lipinski definition) is 5. The Hall–Kier alpha value is -2.03. The lowest BCUT2D eigenvalue weighted by Gasteiger charge is -2.19. The first-order valence-corrected chi connectivity index (χ1v) is 12.0. The van der Waals surface area contributed by atoms with E-state index in [-0.39, 0.29) is 16.6 Å². The van der Waals surface area contributed by atoms with Gasteiger partial charge in [0.25, 0.3) is 0 Å². The standard InChI is InChI=1S/C21H28N2O4S2/c1-5-23(6-2)29(25,26)18-11-12-20(27-4)19(13-18)22-21(24)15-28-14-17-9-7-16(3)8-10-17/h7-13H,5-6,14-15H2,1-4H3,(H,22,24). The second-order valence-corrected chi connectivity index (χ2v) is 9.40. The molecular weight excluding hydrogens is 408 g/mol. The maximum absolute atomic E-state index is 12.8. The smallest absolute Gasteiger partial charge is 0.243 e. The van der Waals surface area contributed by atoms with Crippen molar-refractivity contribution in [1.82, 2.24) is 4.31 Å². The molecule has 6 nitrogen and oxygen atoms in total. The monoisotopic (exact) mass is 436 g/mol. The summed E-state index contributed by atoms with van der Waals surface area (Å²) in [7, 11) is -2.14. The van der Waals surface area contributed by atoms with E-state index in [9.17, 15) is 13.2 Å². The fourth-order valence-corrected chi connectivity index (χ4v) is 5.06. The van der Waals surface area contributed by atoms with Gasteiger partial charge in [-0.15, -0.1) is 11.8 Å². The quantitative estimate of drug-likeness (QED) is 0.611. The highest BCUT2D eigenvalue weighted by Crippen LogP contribution is 2.29. The van der Waals surface area contributed by atoms with E-state index in [1.165, 1.54) is 40.9 Å². The number of sulfonamides is 1. The predicted molar refractivity (Wildman–Crippen MR) is 119 cm³/mol. The zero-order chi connectivity index (χ0) is 21.4. The summed E-state index contributed by atoms with van der Waals surface area (Å²) in [4.78, 5) is 12.5. The molecule has 1 N–H and O–H groups in total. The maximum atomic E-state index is 12.8. The molecule has 0 saturated carbocycles. The molecule has 0 fully saturated rings. The van der Waals surface area contributed by atoms with Crippen LogP contribution in [-0.2, 0) is 20.6 Å². The van der Waals surface area contributed by atoms with E-state index in [4.69, 9.17) is 4.74 Å². The van der Waals surface area contributed by atoms with Crippen molar-refractivity contribution in [3.05, 3.63) is 53.6 Å². The minimum Gasteiger partial charge on any atom is -0.495 e. The van der Waals surface area contributed by atoms with Gasteiger partial charge >= 0.3 is 0 Å². The Morgan fingerprint density at radius 3 is 2.34 bits per heavy atom. The van der Waals surface area contributed by atoms with Crippen LogP contribution in [0.5, 0.6) is 5.75 Å². The van der Waals surface area contributed by atoms with Gasteiger partial charge in [-0.25, -0.2) is 8.42 Å². The zero-order valence-electron chi connectivity index (χ0n) is 17.3. The summed E-state index contributed by atoms with van der Waals surface area (Å²) in [6.07, 6.45) is 0. The normalized spacial score (nSPS) is 11.5. The molecule has 158 valence electrons. The van der Waals surface area contributed by atoms with Crippen LogP contribution >= 0.6 is 11.8 Å². The topological polar surface area (TPSA) is 75.7 Å². The van der Waals surface area contributed by atoms with Gasteiger partial charge in [0.15, 0.2) is 0 Å². The second-order valence-electron chi connectivity index (χ2n) is 6.48. The van der Waals surface area contributed by atoms with Crippen molar-refractivity contribution >= 4 is 33.4 Å². The number of aryl methyl sites for hydroxylation is 1. The van der Waals surface area contributed by atoms with E-state index in [0.29, 0.717) is 24.5 Å². The van der Waals surface area contributed by atoms with Crippen LogP contribution in [-0.4, -0.2) is 44.6 Å². The number of ether oxygens (including phenoxy) is 1. The molecule has 2 aromatic rings. The number of thioether (sulfide) groups is 1. The summed E-state index contributed by atoms with van der Waals surface area (Å²) in [6, 6.07) is 12.7. The highest BCUT2D eigenvalue weighted by Gasteiger charge is 2.23. The Morgan fingerprint density at radius 1 is 1.10 bits per heavy atom. The van der Waals surface area contributed by atoms with Crippen molar-refractivity contribution in [1.29, 1.82) is 0 Å². The van der Waals surface area contributed by atoms with Gasteiger partial charge < -0.3 is 10.1 Å². The van der Waals surface area contributed by atoms with E-state index in [2.05, 4.69) is 5.32 Å². The van der Waals surface area contributed by atoms with E-state index >= 15 is 0 Å². The number of anilines is 1. The first-order chi connectivity index (χ1) is 13.8. The van der Waals surface area contributed by atoms with Gasteiger partial charge in [-0.3, -0.25) is 4.79 Å². The Balaban J connectivity index is 2.08. The highest BCUT2D eigenvalue weighted by atomic mass is 32.2. The number of benzene rings is 2. The number of methoxy groups -OCH3 is 1. The van der Waals surface area contributed by atoms with Crippen molar-refractivity contribution in [2.24, 2.45) is 0 Å². The van der Waals surface area contributed by atoms with Crippen LogP contribution in [0.25, 0.3) is 0 Å². The van der Waals surface area contributed by atoms with Crippen LogP contribution < -0.4 is 10.1 Å². The fraction of sp³-hybridized carbons (Fsp3) is 0.381. The number of carbonyl (C=O) groups is 1. The van der Waals surface area contributed by atoms with Crippen LogP contribution in [0, 0.1) is 6.92 Å². The van der Waals surface area contributed by atoms with Gasteiger partial charge in [0.1, 0.15) is 5.75 Å². The van der Waals surface area contributed by atoms with Gasteiger partial charge in [-0.05, 0) is 30.7 Å². The molecule has 0 aromatic heterocycles. The Labute approximate surface area is 177 Å². The predicted octanol–water partition coefficient (Wildman–Crippen LogP) is 3.91. The summed E-state index contributed by atoms with van der Waals surface area (Å²) in [5.41, 5.74) is 2.70. The van der Waals surface area contributed by atoms with Gasteiger partial charge in [0.2, 0.25) is 15.9 Å². The third-order valence-corrected chi connectivity index (χ3v) is 7.46. The third-order valence-electron chi connectivity index (χ3n) is 4.41.